The van der Waals surface area contributed by atoms with E-state index in [4.69, 9.17) is 4.74 Å². The minimum Gasteiger partial charge on any atom is -0.379 e. The van der Waals surface area contributed by atoms with E-state index in [9.17, 15) is 13.2 Å². The Morgan fingerprint density at radius 1 is 1.03 bits per heavy atom. The Bertz CT molecular complexity index is 1300. The number of hydrogen-bond acceptors (Lipinski definition) is 8. The van der Waals surface area contributed by atoms with E-state index < -0.39 is 10.0 Å². The summed E-state index contributed by atoms with van der Waals surface area (Å²) >= 11 is 0. The normalized spacial score (nSPS) is 14.7. The van der Waals surface area contributed by atoms with Crippen LogP contribution >= 0.6 is 0 Å². The molecule has 180 valence electrons. The molecular weight excluding hydrogens is 458 g/mol. The minimum atomic E-state index is -3.67. The molecule has 2 aromatic carbocycles. The zero-order chi connectivity index (χ0) is 24.3. The van der Waals surface area contributed by atoms with Gasteiger partial charge in [0.25, 0.3) is 0 Å². The van der Waals surface area contributed by atoms with Gasteiger partial charge in [-0.3, -0.25) is 4.79 Å². The minimum absolute atomic E-state index is 0.00346. The van der Waals surface area contributed by atoms with Crippen LogP contribution in [-0.4, -0.2) is 71.7 Å². The molecule has 11 nitrogen and oxygen atoms in total. The monoisotopic (exact) mass is 485 g/mol. The van der Waals surface area contributed by atoms with Crippen LogP contribution in [-0.2, 0) is 19.6 Å². The van der Waals surface area contributed by atoms with Gasteiger partial charge in [-0.15, -0.1) is 5.10 Å². The Hall–Kier alpha value is -3.35. The van der Waals surface area contributed by atoms with Crippen molar-refractivity contribution in [2.45, 2.75) is 25.7 Å². The number of anilines is 2. The van der Waals surface area contributed by atoms with E-state index in [-0.39, 0.29) is 17.3 Å². The van der Waals surface area contributed by atoms with Gasteiger partial charge < -0.3 is 15.4 Å². The number of hydrogen-bond donors (Lipinski definition) is 2. The van der Waals surface area contributed by atoms with Gasteiger partial charge in [-0.1, -0.05) is 12.1 Å². The molecule has 1 fully saturated rings. The Morgan fingerprint density at radius 2 is 1.74 bits per heavy atom. The molecule has 1 amide bonds. The summed E-state index contributed by atoms with van der Waals surface area (Å²) in [6.45, 7) is 6.85. The van der Waals surface area contributed by atoms with Crippen molar-refractivity contribution in [1.29, 1.82) is 0 Å². The Kier molecular flexibility index (Phi) is 6.91. The topological polar surface area (TPSA) is 131 Å². The van der Waals surface area contributed by atoms with E-state index in [1.54, 1.807) is 23.7 Å². The van der Waals surface area contributed by atoms with E-state index in [1.165, 1.54) is 10.4 Å². The highest BCUT2D eigenvalue weighted by Crippen LogP contribution is 2.24. The van der Waals surface area contributed by atoms with E-state index in [1.807, 2.05) is 32.0 Å². The molecule has 0 spiro atoms. The molecule has 2 heterocycles. The summed E-state index contributed by atoms with van der Waals surface area (Å²) in [6, 6.07) is 10.5. The number of aryl methyl sites for hydroxylation is 3. The Morgan fingerprint density at radius 3 is 2.44 bits per heavy atom. The SMILES string of the molecule is Cc1ccc(NCC(=O)Nc2ccc(C)c(S(=O)(=O)N3CCOCC3)c2)cc1-n1nnnc1C. The maximum absolute atomic E-state index is 13.1. The molecule has 3 aromatic rings. The van der Waals surface area contributed by atoms with Crippen LogP contribution in [0.4, 0.5) is 11.4 Å². The van der Waals surface area contributed by atoms with Crippen LogP contribution in [0.1, 0.15) is 17.0 Å². The molecule has 0 unspecified atom stereocenters. The van der Waals surface area contributed by atoms with Crippen molar-refractivity contribution >= 4 is 27.3 Å². The standard InChI is InChI=1S/C22H27N7O4S/c1-15-4-6-18(12-20(15)29-17(3)25-26-27-29)23-14-22(30)24-19-7-5-16(2)21(13-19)34(31,32)28-8-10-33-11-9-28/h4-7,12-13,23H,8-11,14H2,1-3H3,(H,24,30). The molecule has 1 aliphatic heterocycles. The number of ether oxygens (including phenoxy) is 1. The van der Waals surface area contributed by atoms with Crippen molar-refractivity contribution in [3.8, 4) is 5.69 Å². The first-order valence-electron chi connectivity index (χ1n) is 10.8. The summed E-state index contributed by atoms with van der Waals surface area (Å²) in [5, 5.41) is 17.4. The maximum atomic E-state index is 13.1. The summed E-state index contributed by atoms with van der Waals surface area (Å²) in [4.78, 5) is 12.8. The third-order valence-corrected chi connectivity index (χ3v) is 7.62. The van der Waals surface area contributed by atoms with Crippen molar-refractivity contribution < 1.29 is 17.9 Å². The highest BCUT2D eigenvalue weighted by Gasteiger charge is 2.28. The van der Waals surface area contributed by atoms with E-state index in [2.05, 4.69) is 26.2 Å². The fraction of sp³-hybridized carbons (Fsp3) is 0.364. The molecule has 12 heteroatoms. The number of carbonyl (C=O) groups excluding carboxylic acids is 1. The summed E-state index contributed by atoms with van der Waals surface area (Å²) in [6.07, 6.45) is 0. The van der Waals surface area contributed by atoms with Gasteiger partial charge in [0, 0.05) is 24.5 Å². The van der Waals surface area contributed by atoms with Crippen LogP contribution in [0.2, 0.25) is 0 Å². The first-order chi connectivity index (χ1) is 16.3. The van der Waals surface area contributed by atoms with Crippen molar-refractivity contribution in [3.05, 3.63) is 53.3 Å². The van der Waals surface area contributed by atoms with Gasteiger partial charge in [-0.2, -0.15) is 8.99 Å². The fourth-order valence-electron chi connectivity index (χ4n) is 3.67. The van der Waals surface area contributed by atoms with Crippen molar-refractivity contribution in [1.82, 2.24) is 24.5 Å². The zero-order valence-corrected chi connectivity index (χ0v) is 20.1. The van der Waals surface area contributed by atoms with Crippen molar-refractivity contribution in [2.75, 3.05) is 43.5 Å². The number of sulfonamides is 1. The van der Waals surface area contributed by atoms with E-state index in [0.717, 1.165) is 16.9 Å². The summed E-state index contributed by atoms with van der Waals surface area (Å²) in [5.41, 5.74) is 3.56. The van der Waals surface area contributed by atoms with Crippen LogP contribution in [0.3, 0.4) is 0 Å². The lowest BCUT2D eigenvalue weighted by molar-refractivity contribution is -0.114. The number of morpholine rings is 1. The molecule has 4 rings (SSSR count). The van der Waals surface area contributed by atoms with Gasteiger partial charge in [0.1, 0.15) is 0 Å². The summed E-state index contributed by atoms with van der Waals surface area (Å²) < 4.78 is 34.4. The van der Waals surface area contributed by atoms with E-state index >= 15 is 0 Å². The number of aromatic nitrogens is 4. The number of nitrogens with one attached hydrogen (secondary N) is 2. The van der Waals surface area contributed by atoms with Crippen LogP contribution in [0.5, 0.6) is 0 Å². The van der Waals surface area contributed by atoms with Gasteiger partial charge in [-0.25, -0.2) is 8.42 Å². The fourth-order valence-corrected chi connectivity index (χ4v) is 5.33. The maximum Gasteiger partial charge on any atom is 0.243 e. The Labute approximate surface area is 198 Å². The smallest absolute Gasteiger partial charge is 0.243 e. The highest BCUT2D eigenvalue weighted by atomic mass is 32.2. The van der Waals surface area contributed by atoms with Crippen molar-refractivity contribution in [3.63, 3.8) is 0 Å². The third kappa shape index (κ3) is 5.08. The second-order valence-electron chi connectivity index (χ2n) is 8.04. The van der Waals surface area contributed by atoms with Gasteiger partial charge >= 0.3 is 0 Å². The molecule has 0 atom stereocenters. The quantitative estimate of drug-likeness (QED) is 0.517. The summed E-state index contributed by atoms with van der Waals surface area (Å²) in [5.74, 6) is 0.347. The first-order valence-corrected chi connectivity index (χ1v) is 12.3. The number of rotatable bonds is 7. The lowest BCUT2D eigenvalue weighted by atomic mass is 10.2. The first kappa shape index (κ1) is 23.8. The lowest BCUT2D eigenvalue weighted by Gasteiger charge is -2.26. The number of carbonyl (C=O) groups is 1. The molecule has 2 N–H and O–H groups in total. The zero-order valence-electron chi connectivity index (χ0n) is 19.3. The van der Waals surface area contributed by atoms with Gasteiger partial charge in [0.05, 0.1) is 30.3 Å². The van der Waals surface area contributed by atoms with Gasteiger partial charge in [0.15, 0.2) is 5.82 Å². The number of benzene rings is 2. The van der Waals surface area contributed by atoms with Gasteiger partial charge in [-0.05, 0) is 66.6 Å². The average molecular weight is 486 g/mol. The predicted octanol–water partition coefficient (Wildman–Crippen LogP) is 1.66. The molecule has 0 bridgehead atoms. The van der Waals surface area contributed by atoms with E-state index in [0.29, 0.717) is 43.4 Å². The van der Waals surface area contributed by atoms with Crippen LogP contribution in [0.25, 0.3) is 5.69 Å². The van der Waals surface area contributed by atoms with Crippen LogP contribution in [0.15, 0.2) is 41.3 Å². The molecule has 0 saturated carbocycles. The lowest BCUT2D eigenvalue weighted by Crippen LogP contribution is -2.40. The largest absolute Gasteiger partial charge is 0.379 e. The molecule has 1 aromatic heterocycles. The third-order valence-electron chi connectivity index (χ3n) is 5.58. The molecule has 1 saturated heterocycles. The number of amides is 1. The number of tetrazole rings is 1. The second kappa shape index (κ2) is 9.87. The second-order valence-corrected chi connectivity index (χ2v) is 9.94. The predicted molar refractivity (Wildman–Crippen MR) is 127 cm³/mol. The van der Waals surface area contributed by atoms with Crippen LogP contribution < -0.4 is 10.6 Å². The summed E-state index contributed by atoms with van der Waals surface area (Å²) in [7, 11) is -3.67. The molecule has 0 radical (unpaired) electrons. The highest BCUT2D eigenvalue weighted by molar-refractivity contribution is 7.89. The molecule has 1 aliphatic rings. The molecular formula is C22H27N7O4S. The molecule has 34 heavy (non-hydrogen) atoms. The van der Waals surface area contributed by atoms with Gasteiger partial charge in [0.2, 0.25) is 15.9 Å². The average Bonchev–Trinajstić information content (AvgIpc) is 3.26. The van der Waals surface area contributed by atoms with Crippen molar-refractivity contribution in [2.24, 2.45) is 0 Å². The van der Waals surface area contributed by atoms with Crippen LogP contribution in [0, 0.1) is 20.8 Å². The Balaban J connectivity index is 1.44. The molecule has 0 aliphatic carbocycles. The number of nitrogens with zero attached hydrogens (tertiary/aromatic N) is 5.